The maximum atomic E-state index is 12.7. The lowest BCUT2D eigenvalue weighted by Crippen LogP contribution is -2.35. The molecule has 0 unspecified atom stereocenters. The Morgan fingerprint density at radius 2 is 2.25 bits per heavy atom. The van der Waals surface area contributed by atoms with Crippen molar-refractivity contribution >= 4 is 32.7 Å². The second-order valence-corrected chi connectivity index (χ2v) is 8.67. The van der Waals surface area contributed by atoms with Crippen molar-refractivity contribution in [2.24, 2.45) is 0 Å². The molecule has 0 bridgehead atoms. The first kappa shape index (κ1) is 14.2. The molecule has 108 valence electrons. The first-order valence-corrected chi connectivity index (χ1v) is 9.58. The largest absolute Gasteiger partial charge is 0.315 e. The quantitative estimate of drug-likeness (QED) is 0.937. The summed E-state index contributed by atoms with van der Waals surface area (Å²) in [6, 6.07) is 3.81. The number of hydrogen-bond donors (Lipinski definition) is 1. The van der Waals surface area contributed by atoms with Gasteiger partial charge in [-0.25, -0.2) is 8.42 Å². The molecule has 1 N–H and O–H groups in total. The molecule has 0 amide bonds. The van der Waals surface area contributed by atoms with Crippen LogP contribution in [-0.4, -0.2) is 26.3 Å². The van der Waals surface area contributed by atoms with Crippen LogP contribution in [0.1, 0.15) is 15.3 Å². The number of rotatable bonds is 4. The fraction of sp³-hybridized carbons (Fsp3) is 0.385. The van der Waals surface area contributed by atoms with Gasteiger partial charge < -0.3 is 5.32 Å². The van der Waals surface area contributed by atoms with Gasteiger partial charge in [0.25, 0.3) is 0 Å². The van der Waals surface area contributed by atoms with E-state index in [2.05, 4.69) is 5.32 Å². The van der Waals surface area contributed by atoms with E-state index in [4.69, 9.17) is 0 Å². The van der Waals surface area contributed by atoms with Crippen LogP contribution >= 0.6 is 22.7 Å². The van der Waals surface area contributed by atoms with Gasteiger partial charge in [-0.3, -0.25) is 0 Å². The standard InChI is InChI=1S/C13H16N2O2S3/c1-14-7-11-6-12(9-19-11)20(16,17)15-4-2-13-10(8-15)3-5-18-13/h3,5-6,9,14H,2,4,7-8H2,1H3. The Hall–Kier alpha value is -0.730. The lowest BCUT2D eigenvalue weighted by Gasteiger charge is -2.25. The molecule has 0 saturated carbocycles. The number of nitrogens with one attached hydrogen (secondary N) is 1. The van der Waals surface area contributed by atoms with E-state index in [1.54, 1.807) is 27.1 Å². The second-order valence-electron chi connectivity index (χ2n) is 4.74. The lowest BCUT2D eigenvalue weighted by molar-refractivity contribution is 0.394. The molecule has 2 aromatic heterocycles. The minimum atomic E-state index is -3.36. The normalized spacial score (nSPS) is 16.2. The summed E-state index contributed by atoms with van der Waals surface area (Å²) in [7, 11) is -1.50. The summed E-state index contributed by atoms with van der Waals surface area (Å²) in [5.74, 6) is 0. The van der Waals surface area contributed by atoms with Gasteiger partial charge in [0.1, 0.15) is 0 Å². The molecule has 7 heteroatoms. The fourth-order valence-electron chi connectivity index (χ4n) is 2.34. The lowest BCUT2D eigenvalue weighted by atomic mass is 10.1. The van der Waals surface area contributed by atoms with Crippen LogP contribution in [0.3, 0.4) is 0 Å². The molecule has 0 radical (unpaired) electrons. The molecule has 1 aliphatic heterocycles. The summed E-state index contributed by atoms with van der Waals surface area (Å²) in [6.07, 6.45) is 0.819. The molecule has 4 nitrogen and oxygen atoms in total. The molecule has 0 spiro atoms. The third kappa shape index (κ3) is 2.56. The van der Waals surface area contributed by atoms with E-state index >= 15 is 0 Å². The molecule has 3 heterocycles. The van der Waals surface area contributed by atoms with Gasteiger partial charge in [-0.05, 0) is 36.5 Å². The average Bonchev–Trinajstić information content (AvgIpc) is 3.06. The SMILES string of the molecule is CNCc1cc(S(=O)(=O)N2CCc3sccc3C2)cs1. The van der Waals surface area contributed by atoms with Gasteiger partial charge in [0.2, 0.25) is 10.0 Å². The van der Waals surface area contributed by atoms with Crippen LogP contribution < -0.4 is 5.32 Å². The smallest absolute Gasteiger partial charge is 0.244 e. The Balaban J connectivity index is 1.85. The summed E-state index contributed by atoms with van der Waals surface area (Å²) in [5, 5.41) is 6.82. The molecule has 2 aromatic rings. The molecule has 1 aliphatic rings. The van der Waals surface area contributed by atoms with E-state index < -0.39 is 10.0 Å². The number of sulfonamides is 1. The maximum absolute atomic E-state index is 12.7. The van der Waals surface area contributed by atoms with Gasteiger partial charge in [0, 0.05) is 34.8 Å². The van der Waals surface area contributed by atoms with E-state index in [0.717, 1.165) is 16.9 Å². The van der Waals surface area contributed by atoms with Crippen molar-refractivity contribution in [3.05, 3.63) is 38.2 Å². The average molecular weight is 328 g/mol. The van der Waals surface area contributed by atoms with Crippen LogP contribution in [0.5, 0.6) is 0 Å². The number of thiophene rings is 2. The molecule has 0 fully saturated rings. The van der Waals surface area contributed by atoms with Crippen molar-refractivity contribution in [1.82, 2.24) is 9.62 Å². The Labute approximate surface area is 127 Å². The van der Waals surface area contributed by atoms with Gasteiger partial charge in [0.15, 0.2) is 0 Å². The van der Waals surface area contributed by atoms with Gasteiger partial charge >= 0.3 is 0 Å². The third-order valence-corrected chi connectivity index (χ3v) is 7.32. The molecule has 0 atom stereocenters. The Bertz CT molecular complexity index is 703. The van der Waals surface area contributed by atoms with Crippen molar-refractivity contribution in [3.8, 4) is 0 Å². The number of fused-ring (bicyclic) bond motifs is 1. The zero-order valence-electron chi connectivity index (χ0n) is 11.1. The predicted molar refractivity (Wildman–Crippen MR) is 82.7 cm³/mol. The summed E-state index contributed by atoms with van der Waals surface area (Å²) in [6.45, 7) is 1.78. The van der Waals surface area contributed by atoms with E-state index in [1.807, 2.05) is 18.5 Å². The Kier molecular flexibility index (Phi) is 3.96. The van der Waals surface area contributed by atoms with Crippen LogP contribution in [0.4, 0.5) is 0 Å². The van der Waals surface area contributed by atoms with Crippen LogP contribution in [0, 0.1) is 0 Å². The molecule has 3 rings (SSSR count). The summed E-state index contributed by atoms with van der Waals surface area (Å²) >= 11 is 3.20. The second kappa shape index (κ2) is 5.57. The fourth-order valence-corrected chi connectivity index (χ4v) is 5.92. The summed E-state index contributed by atoms with van der Waals surface area (Å²) in [5.41, 5.74) is 1.15. The van der Waals surface area contributed by atoms with Crippen molar-refractivity contribution < 1.29 is 8.42 Å². The maximum Gasteiger partial charge on any atom is 0.244 e. The zero-order chi connectivity index (χ0) is 14.2. The van der Waals surface area contributed by atoms with Crippen molar-refractivity contribution in [2.45, 2.75) is 24.4 Å². The van der Waals surface area contributed by atoms with Crippen molar-refractivity contribution in [1.29, 1.82) is 0 Å². The molecule has 20 heavy (non-hydrogen) atoms. The minimum absolute atomic E-state index is 0.423. The Morgan fingerprint density at radius 1 is 1.40 bits per heavy atom. The van der Waals surface area contributed by atoms with E-state index in [1.165, 1.54) is 16.2 Å². The van der Waals surface area contributed by atoms with Gasteiger partial charge in [-0.15, -0.1) is 22.7 Å². The highest BCUT2D eigenvalue weighted by atomic mass is 32.2. The van der Waals surface area contributed by atoms with E-state index in [-0.39, 0.29) is 0 Å². The van der Waals surface area contributed by atoms with Crippen LogP contribution in [-0.2, 0) is 29.5 Å². The summed E-state index contributed by atoms with van der Waals surface area (Å²) in [4.78, 5) is 2.78. The minimum Gasteiger partial charge on any atom is -0.315 e. The van der Waals surface area contributed by atoms with Crippen molar-refractivity contribution in [3.63, 3.8) is 0 Å². The Morgan fingerprint density at radius 3 is 3.05 bits per heavy atom. The number of hydrogen-bond acceptors (Lipinski definition) is 5. The molecule has 0 saturated heterocycles. The van der Waals surface area contributed by atoms with Crippen molar-refractivity contribution in [2.75, 3.05) is 13.6 Å². The molecule has 0 aliphatic carbocycles. The monoisotopic (exact) mass is 328 g/mol. The molecule has 0 aromatic carbocycles. The zero-order valence-corrected chi connectivity index (χ0v) is 13.6. The van der Waals surface area contributed by atoms with Crippen LogP contribution in [0.25, 0.3) is 0 Å². The highest BCUT2D eigenvalue weighted by Crippen LogP contribution is 2.29. The molecular formula is C13H16N2O2S3. The third-order valence-electron chi connectivity index (χ3n) is 3.39. The highest BCUT2D eigenvalue weighted by Gasteiger charge is 2.29. The topological polar surface area (TPSA) is 49.4 Å². The van der Waals surface area contributed by atoms with E-state index in [9.17, 15) is 8.42 Å². The highest BCUT2D eigenvalue weighted by molar-refractivity contribution is 7.89. The van der Waals surface area contributed by atoms with Crippen LogP contribution in [0.15, 0.2) is 27.8 Å². The van der Waals surface area contributed by atoms with Crippen LogP contribution in [0.2, 0.25) is 0 Å². The van der Waals surface area contributed by atoms with Gasteiger partial charge in [-0.2, -0.15) is 4.31 Å². The number of nitrogens with zero attached hydrogens (tertiary/aromatic N) is 1. The van der Waals surface area contributed by atoms with Gasteiger partial charge in [0.05, 0.1) is 4.90 Å². The first-order chi connectivity index (χ1) is 9.61. The molecular weight excluding hydrogens is 312 g/mol. The summed E-state index contributed by atoms with van der Waals surface area (Å²) < 4.78 is 26.9. The van der Waals surface area contributed by atoms with E-state index in [0.29, 0.717) is 24.5 Å². The first-order valence-electron chi connectivity index (χ1n) is 6.38. The predicted octanol–water partition coefficient (Wildman–Crippen LogP) is 2.28. The van der Waals surface area contributed by atoms with Gasteiger partial charge in [-0.1, -0.05) is 0 Å².